The summed E-state index contributed by atoms with van der Waals surface area (Å²) in [6.07, 6.45) is 3.54. The topological polar surface area (TPSA) is 73.5 Å². The molecule has 0 saturated carbocycles. The van der Waals surface area contributed by atoms with Gasteiger partial charge in [0.25, 0.3) is 5.91 Å². The molecule has 2 aliphatic heterocycles. The molecule has 3 N–H and O–H groups in total. The summed E-state index contributed by atoms with van der Waals surface area (Å²) >= 11 is 0. The zero-order chi connectivity index (χ0) is 17.8. The summed E-state index contributed by atoms with van der Waals surface area (Å²) in [6.45, 7) is 8.09. The largest absolute Gasteiger partial charge is 0.372 e. The van der Waals surface area contributed by atoms with Gasteiger partial charge in [-0.2, -0.15) is 0 Å². The lowest BCUT2D eigenvalue weighted by atomic mass is 9.99. The molecule has 1 atom stereocenters. The van der Waals surface area contributed by atoms with Gasteiger partial charge >= 0.3 is 0 Å². The number of anilines is 2. The molecular weight excluding hydrogens is 316 g/mol. The monoisotopic (exact) mass is 344 g/mol. The number of rotatable bonds is 6. The number of likely N-dealkylation sites (tertiary alicyclic amines) is 1. The van der Waals surface area contributed by atoms with Gasteiger partial charge in [-0.05, 0) is 63.0 Å². The maximum absolute atomic E-state index is 12.3. The number of carbonyl (C=O) groups excluding carboxylic acids is 2. The zero-order valence-corrected chi connectivity index (χ0v) is 15.1. The molecule has 2 heterocycles. The normalized spacial score (nSPS) is 20.1. The lowest BCUT2D eigenvalue weighted by molar-refractivity contribution is -0.117. The van der Waals surface area contributed by atoms with Crippen LogP contribution in [0.15, 0.2) is 18.2 Å². The molecule has 25 heavy (non-hydrogen) atoms. The molecule has 1 saturated heterocycles. The van der Waals surface area contributed by atoms with Gasteiger partial charge in [0.1, 0.15) is 6.04 Å². The highest BCUT2D eigenvalue weighted by Gasteiger charge is 2.28. The van der Waals surface area contributed by atoms with Crippen molar-refractivity contribution in [2.75, 3.05) is 36.8 Å². The van der Waals surface area contributed by atoms with Crippen molar-refractivity contribution >= 4 is 23.2 Å². The molecule has 136 valence electrons. The Labute approximate surface area is 149 Å². The van der Waals surface area contributed by atoms with Gasteiger partial charge in [0.05, 0.1) is 11.4 Å². The summed E-state index contributed by atoms with van der Waals surface area (Å²) in [4.78, 5) is 26.9. The van der Waals surface area contributed by atoms with Gasteiger partial charge in [-0.3, -0.25) is 9.59 Å². The second kappa shape index (κ2) is 7.87. The van der Waals surface area contributed by atoms with Gasteiger partial charge < -0.3 is 20.9 Å². The number of hydrogen-bond donors (Lipinski definition) is 3. The Bertz CT molecular complexity index is 638. The molecule has 0 spiro atoms. The standard InChI is InChI=1S/C19H28N4O2/c1-13(2)17-19(25)22-16-12-14(6-7-15(16)21-17)18(24)20-8-5-11-23-9-3-4-10-23/h6-7,12-13,17,21H,3-5,8-11H2,1-2H3,(H,20,24)(H,22,25). The molecular formula is C19H28N4O2. The predicted molar refractivity (Wildman–Crippen MR) is 99.9 cm³/mol. The van der Waals surface area contributed by atoms with E-state index in [0.717, 1.165) is 18.7 Å². The van der Waals surface area contributed by atoms with Crippen molar-refractivity contribution in [2.24, 2.45) is 5.92 Å². The molecule has 1 fully saturated rings. The third kappa shape index (κ3) is 4.31. The summed E-state index contributed by atoms with van der Waals surface area (Å²) in [6, 6.07) is 5.17. The van der Waals surface area contributed by atoms with Crippen molar-refractivity contribution in [2.45, 2.75) is 39.2 Å². The van der Waals surface area contributed by atoms with Crippen LogP contribution in [-0.4, -0.2) is 48.9 Å². The van der Waals surface area contributed by atoms with E-state index in [1.807, 2.05) is 19.9 Å². The van der Waals surface area contributed by atoms with Crippen molar-refractivity contribution < 1.29 is 9.59 Å². The van der Waals surface area contributed by atoms with Crippen LogP contribution in [0, 0.1) is 5.92 Å². The van der Waals surface area contributed by atoms with Gasteiger partial charge in [-0.15, -0.1) is 0 Å². The van der Waals surface area contributed by atoms with E-state index in [1.165, 1.54) is 25.9 Å². The Morgan fingerprint density at radius 2 is 2.04 bits per heavy atom. The second-order valence-electron chi connectivity index (χ2n) is 7.27. The smallest absolute Gasteiger partial charge is 0.251 e. The maximum atomic E-state index is 12.3. The van der Waals surface area contributed by atoms with Gasteiger partial charge in [-0.25, -0.2) is 0 Å². The first-order valence-electron chi connectivity index (χ1n) is 9.26. The van der Waals surface area contributed by atoms with Crippen LogP contribution >= 0.6 is 0 Å². The fourth-order valence-electron chi connectivity index (χ4n) is 3.44. The first-order chi connectivity index (χ1) is 12.0. The predicted octanol–water partition coefficient (Wildman–Crippen LogP) is 2.29. The molecule has 1 aromatic carbocycles. The van der Waals surface area contributed by atoms with E-state index >= 15 is 0 Å². The molecule has 2 aliphatic rings. The van der Waals surface area contributed by atoms with Gasteiger partial charge in [0.2, 0.25) is 5.91 Å². The minimum absolute atomic E-state index is 0.0503. The van der Waals surface area contributed by atoms with Crippen LogP contribution in [0.4, 0.5) is 11.4 Å². The summed E-state index contributed by atoms with van der Waals surface area (Å²) in [5.74, 6) is 0.0573. The van der Waals surface area contributed by atoms with Crippen molar-refractivity contribution in [3.05, 3.63) is 23.8 Å². The minimum atomic E-state index is -0.238. The third-order valence-electron chi connectivity index (χ3n) is 4.94. The Hall–Kier alpha value is -2.08. The van der Waals surface area contributed by atoms with Gasteiger partial charge in [0, 0.05) is 12.1 Å². The number of carbonyl (C=O) groups is 2. The maximum Gasteiger partial charge on any atom is 0.251 e. The van der Waals surface area contributed by atoms with Crippen LogP contribution in [0.2, 0.25) is 0 Å². The lowest BCUT2D eigenvalue weighted by Gasteiger charge is -2.29. The molecule has 0 aliphatic carbocycles. The van der Waals surface area contributed by atoms with E-state index < -0.39 is 0 Å². The van der Waals surface area contributed by atoms with Crippen LogP contribution in [0.1, 0.15) is 43.5 Å². The number of benzene rings is 1. The average Bonchev–Trinajstić information content (AvgIpc) is 3.10. The average molecular weight is 344 g/mol. The van der Waals surface area contributed by atoms with Crippen LogP contribution < -0.4 is 16.0 Å². The zero-order valence-electron chi connectivity index (χ0n) is 15.1. The van der Waals surface area contributed by atoms with Crippen molar-refractivity contribution in [3.8, 4) is 0 Å². The molecule has 1 unspecified atom stereocenters. The van der Waals surface area contributed by atoms with E-state index in [1.54, 1.807) is 12.1 Å². The molecule has 3 rings (SSSR count). The lowest BCUT2D eigenvalue weighted by Crippen LogP contribution is -2.42. The van der Waals surface area contributed by atoms with E-state index in [-0.39, 0.29) is 23.8 Å². The highest BCUT2D eigenvalue weighted by atomic mass is 16.2. The molecule has 0 aromatic heterocycles. The summed E-state index contributed by atoms with van der Waals surface area (Å²) in [5, 5.41) is 9.12. The Kier molecular flexibility index (Phi) is 5.58. The molecule has 0 bridgehead atoms. The van der Waals surface area contributed by atoms with E-state index in [4.69, 9.17) is 0 Å². The van der Waals surface area contributed by atoms with Crippen LogP contribution in [-0.2, 0) is 4.79 Å². The van der Waals surface area contributed by atoms with Crippen molar-refractivity contribution in [3.63, 3.8) is 0 Å². The fourth-order valence-corrected chi connectivity index (χ4v) is 3.44. The van der Waals surface area contributed by atoms with Crippen molar-refractivity contribution in [1.82, 2.24) is 10.2 Å². The highest BCUT2D eigenvalue weighted by molar-refractivity contribution is 6.05. The van der Waals surface area contributed by atoms with Gasteiger partial charge in [0.15, 0.2) is 0 Å². The van der Waals surface area contributed by atoms with E-state index in [0.29, 0.717) is 17.8 Å². The van der Waals surface area contributed by atoms with Gasteiger partial charge in [-0.1, -0.05) is 13.8 Å². The fraction of sp³-hybridized carbons (Fsp3) is 0.579. The number of nitrogens with one attached hydrogen (secondary N) is 3. The Morgan fingerprint density at radius 1 is 1.28 bits per heavy atom. The molecule has 6 heteroatoms. The SMILES string of the molecule is CC(C)C1Nc2ccc(C(=O)NCCCN3CCCC3)cc2NC1=O. The Morgan fingerprint density at radius 3 is 2.76 bits per heavy atom. The number of nitrogens with zero attached hydrogens (tertiary/aromatic N) is 1. The molecule has 6 nitrogen and oxygen atoms in total. The Balaban J connectivity index is 1.53. The minimum Gasteiger partial charge on any atom is -0.372 e. The van der Waals surface area contributed by atoms with Crippen molar-refractivity contribution in [1.29, 1.82) is 0 Å². The van der Waals surface area contributed by atoms with E-state index in [9.17, 15) is 9.59 Å². The number of hydrogen-bond acceptors (Lipinski definition) is 4. The quantitative estimate of drug-likeness (QED) is 0.692. The van der Waals surface area contributed by atoms with Crippen LogP contribution in [0.3, 0.4) is 0 Å². The summed E-state index contributed by atoms with van der Waals surface area (Å²) in [5.41, 5.74) is 2.11. The first kappa shape index (κ1) is 17.7. The summed E-state index contributed by atoms with van der Waals surface area (Å²) in [7, 11) is 0. The first-order valence-corrected chi connectivity index (χ1v) is 9.26. The second-order valence-corrected chi connectivity index (χ2v) is 7.27. The highest BCUT2D eigenvalue weighted by Crippen LogP contribution is 2.29. The summed E-state index contributed by atoms with van der Waals surface area (Å²) < 4.78 is 0. The van der Waals surface area contributed by atoms with Crippen LogP contribution in [0.5, 0.6) is 0 Å². The third-order valence-corrected chi connectivity index (χ3v) is 4.94. The number of amides is 2. The molecule has 0 radical (unpaired) electrons. The van der Waals surface area contributed by atoms with E-state index in [2.05, 4.69) is 20.9 Å². The molecule has 2 amide bonds. The number of fused-ring (bicyclic) bond motifs is 1. The molecule has 1 aromatic rings. The van der Waals surface area contributed by atoms with Crippen LogP contribution in [0.25, 0.3) is 0 Å².